The highest BCUT2D eigenvalue weighted by Gasteiger charge is 2.58. The average molecular weight is 557 g/mol. The topological polar surface area (TPSA) is 137 Å². The van der Waals surface area contributed by atoms with Crippen molar-refractivity contribution in [2.24, 2.45) is 10.9 Å². The van der Waals surface area contributed by atoms with E-state index in [9.17, 15) is 19.6 Å². The highest BCUT2D eigenvalue weighted by atomic mass is 32.1. The molecular formula is C25H28N6O5S2. The number of hydrogen-bond acceptors (Lipinski definition) is 9. The largest absolute Gasteiger partial charge is 0.449 e. The summed E-state index contributed by atoms with van der Waals surface area (Å²) < 4.78 is 10.6. The van der Waals surface area contributed by atoms with Crippen molar-refractivity contribution in [2.75, 3.05) is 32.5 Å². The highest BCUT2D eigenvalue weighted by Crippen LogP contribution is 2.44. The number of thiophene rings is 1. The molecule has 4 heterocycles. The maximum atomic E-state index is 13.6. The van der Waals surface area contributed by atoms with Crippen LogP contribution in [-0.4, -0.2) is 76.9 Å². The van der Waals surface area contributed by atoms with Gasteiger partial charge >= 0.3 is 12.2 Å². The molecule has 2 atom stereocenters. The van der Waals surface area contributed by atoms with E-state index in [1.807, 2.05) is 11.4 Å². The summed E-state index contributed by atoms with van der Waals surface area (Å²) >= 11 is 5.48. The molecule has 2 aliphatic rings. The normalized spacial score (nSPS) is 22.1. The summed E-state index contributed by atoms with van der Waals surface area (Å²) in [5, 5.41) is 14.5. The number of likely N-dealkylation sites (tertiary alicyclic amines) is 1. The monoisotopic (exact) mass is 556 g/mol. The number of ether oxygens (including phenoxy) is 2. The molecule has 0 spiro atoms. The number of nitrogens with one attached hydrogen (secondary N) is 1. The lowest BCUT2D eigenvalue weighted by Crippen LogP contribution is -2.65. The molecule has 200 valence electrons. The smallest absolute Gasteiger partial charge is 0.437 e. The minimum atomic E-state index is -1.08. The van der Waals surface area contributed by atoms with Gasteiger partial charge in [-0.25, -0.2) is 9.59 Å². The third-order valence-corrected chi connectivity index (χ3v) is 7.42. The molecule has 0 bridgehead atoms. The summed E-state index contributed by atoms with van der Waals surface area (Å²) in [5.41, 5.74) is 0.119. The van der Waals surface area contributed by atoms with Crippen LogP contribution < -0.4 is 5.32 Å². The number of carbonyl (C=O) groups is 3. The lowest BCUT2D eigenvalue weighted by molar-refractivity contribution is -0.133. The van der Waals surface area contributed by atoms with E-state index >= 15 is 0 Å². The summed E-state index contributed by atoms with van der Waals surface area (Å²) in [6, 6.07) is 5.71. The molecule has 0 saturated carbocycles. The molecule has 2 saturated heterocycles. The lowest BCUT2D eigenvalue weighted by Gasteiger charge is -2.42. The number of amides is 3. The number of fused-ring (bicyclic) bond motifs is 1. The molecule has 11 nitrogen and oxygen atoms in total. The quantitative estimate of drug-likeness (QED) is 0.548. The molecule has 2 aromatic rings. The lowest BCUT2D eigenvalue weighted by atomic mass is 9.82. The van der Waals surface area contributed by atoms with E-state index in [0.717, 1.165) is 16.0 Å². The van der Waals surface area contributed by atoms with Crippen LogP contribution in [0, 0.1) is 17.2 Å². The Labute approximate surface area is 229 Å². The second kappa shape index (κ2) is 10.6. The Kier molecular flexibility index (Phi) is 7.66. The third kappa shape index (κ3) is 5.46. The van der Waals surface area contributed by atoms with Crippen LogP contribution in [0.3, 0.4) is 0 Å². The van der Waals surface area contributed by atoms with Crippen molar-refractivity contribution < 1.29 is 23.9 Å². The maximum absolute atomic E-state index is 13.6. The second-order valence-corrected chi connectivity index (χ2v) is 11.3. The fraction of sp³-hybridized carbons (Fsp3) is 0.440. The van der Waals surface area contributed by atoms with Crippen molar-refractivity contribution in [3.63, 3.8) is 0 Å². The van der Waals surface area contributed by atoms with Crippen molar-refractivity contribution in [1.82, 2.24) is 20.1 Å². The summed E-state index contributed by atoms with van der Waals surface area (Å²) in [4.78, 5) is 50.7. The second-order valence-electron chi connectivity index (χ2n) is 9.95. The number of rotatable bonds is 4. The summed E-state index contributed by atoms with van der Waals surface area (Å²) in [7, 11) is 1.52. The van der Waals surface area contributed by atoms with Crippen LogP contribution in [-0.2, 0) is 19.8 Å². The first-order chi connectivity index (χ1) is 18.0. The van der Waals surface area contributed by atoms with Gasteiger partial charge in [-0.2, -0.15) is 17.9 Å². The Morgan fingerprint density at radius 2 is 2.11 bits per heavy atom. The average Bonchev–Trinajstić information content (AvgIpc) is 3.51. The molecule has 0 aliphatic carbocycles. The molecule has 13 heteroatoms. The molecule has 4 rings (SSSR count). The van der Waals surface area contributed by atoms with Gasteiger partial charge in [0.25, 0.3) is 0 Å². The molecule has 1 unspecified atom stereocenters. The molecule has 38 heavy (non-hydrogen) atoms. The standard InChI is InChI=1S/C25H28N6O5S2/c1-24(2,3)36-22(33)28-21-29-25(19-8-17(13-38-19)16-7-15(9-26)10-27-11-16)14-31(23(34)35-5-6-37)12-18(25)20(32)30(21)4/h7-8,10-11,13,18,37H,5-6,12,14H2,1-4H3,(H,28,29,33)/t18?,25-/m0/s1. The Balaban J connectivity index is 1.76. The molecule has 2 aromatic heterocycles. The number of aromatic nitrogens is 1. The number of carbonyl (C=O) groups excluding carboxylic acids is 3. The predicted octanol–water partition coefficient (Wildman–Crippen LogP) is 3.23. The summed E-state index contributed by atoms with van der Waals surface area (Å²) in [6.45, 7) is 5.52. The van der Waals surface area contributed by atoms with Crippen LogP contribution in [0.4, 0.5) is 9.59 Å². The number of pyridine rings is 1. The van der Waals surface area contributed by atoms with Gasteiger partial charge < -0.3 is 19.7 Å². The first-order valence-electron chi connectivity index (χ1n) is 11.8. The van der Waals surface area contributed by atoms with Gasteiger partial charge in [0.2, 0.25) is 11.9 Å². The van der Waals surface area contributed by atoms with Crippen molar-refractivity contribution in [3.8, 4) is 17.2 Å². The summed E-state index contributed by atoms with van der Waals surface area (Å²) in [6.07, 6.45) is 1.73. The van der Waals surface area contributed by atoms with E-state index in [1.54, 1.807) is 33.0 Å². The molecular weight excluding hydrogens is 528 g/mol. The van der Waals surface area contributed by atoms with Crippen molar-refractivity contribution in [3.05, 3.63) is 40.3 Å². The Bertz CT molecular complexity index is 1330. The van der Waals surface area contributed by atoms with E-state index in [2.05, 4.69) is 34.0 Å². The third-order valence-electron chi connectivity index (χ3n) is 6.12. The number of nitrogens with zero attached hydrogens (tertiary/aromatic N) is 5. The van der Waals surface area contributed by atoms with Gasteiger partial charge in [0.05, 0.1) is 18.0 Å². The highest BCUT2D eigenvalue weighted by molar-refractivity contribution is 7.80. The molecule has 2 aliphatic heterocycles. The van der Waals surface area contributed by atoms with Crippen LogP contribution in [0.25, 0.3) is 11.1 Å². The summed E-state index contributed by atoms with van der Waals surface area (Å²) in [5.74, 6) is -0.596. The molecule has 0 aromatic carbocycles. The zero-order valence-corrected chi connectivity index (χ0v) is 23.1. The van der Waals surface area contributed by atoms with Crippen LogP contribution in [0.5, 0.6) is 0 Å². The predicted molar refractivity (Wildman–Crippen MR) is 144 cm³/mol. The molecule has 0 radical (unpaired) electrons. The van der Waals surface area contributed by atoms with E-state index < -0.39 is 29.2 Å². The maximum Gasteiger partial charge on any atom is 0.437 e. The Hall–Kier alpha value is -3.63. The van der Waals surface area contributed by atoms with Gasteiger partial charge in [-0.1, -0.05) is 0 Å². The number of hydrogen-bond donors (Lipinski definition) is 2. The van der Waals surface area contributed by atoms with Crippen molar-refractivity contribution in [2.45, 2.75) is 31.9 Å². The van der Waals surface area contributed by atoms with E-state index in [4.69, 9.17) is 9.47 Å². The van der Waals surface area contributed by atoms with Gasteiger partial charge in [0.1, 0.15) is 23.8 Å². The zero-order chi connectivity index (χ0) is 27.7. The molecule has 2 fully saturated rings. The fourth-order valence-electron chi connectivity index (χ4n) is 4.42. The number of guanidine groups is 1. The van der Waals surface area contributed by atoms with E-state index in [1.165, 1.54) is 34.4 Å². The molecule has 1 N–H and O–H groups in total. The fourth-order valence-corrected chi connectivity index (χ4v) is 5.63. The minimum Gasteiger partial charge on any atom is -0.449 e. The van der Waals surface area contributed by atoms with Gasteiger partial charge in [-0.05, 0) is 43.8 Å². The van der Waals surface area contributed by atoms with Crippen LogP contribution in [0.15, 0.2) is 34.9 Å². The van der Waals surface area contributed by atoms with Crippen molar-refractivity contribution in [1.29, 1.82) is 5.26 Å². The van der Waals surface area contributed by atoms with Crippen molar-refractivity contribution >= 4 is 48.0 Å². The van der Waals surface area contributed by atoms with E-state index in [0.29, 0.717) is 11.3 Å². The Morgan fingerprint density at radius 1 is 1.34 bits per heavy atom. The SMILES string of the molecule is CN1C(=O)C2CN(C(=O)OCCS)C[C@]2(c2cc(-c3cncc(C#N)c3)cs2)N/C1=N/C(=O)OC(C)(C)C. The first kappa shape index (κ1) is 27.4. The van der Waals surface area contributed by atoms with Crippen LogP contribution in [0.1, 0.15) is 31.2 Å². The minimum absolute atomic E-state index is 0.0224. The number of nitriles is 1. The van der Waals surface area contributed by atoms with Crippen LogP contribution in [0.2, 0.25) is 0 Å². The Morgan fingerprint density at radius 3 is 2.79 bits per heavy atom. The number of aliphatic imine (C=N–C) groups is 1. The van der Waals surface area contributed by atoms with Gasteiger partial charge in [0.15, 0.2) is 0 Å². The van der Waals surface area contributed by atoms with Gasteiger partial charge in [-0.15, -0.1) is 16.3 Å². The van der Waals surface area contributed by atoms with Gasteiger partial charge in [0, 0.05) is 42.2 Å². The van der Waals surface area contributed by atoms with Crippen LogP contribution >= 0.6 is 24.0 Å². The zero-order valence-electron chi connectivity index (χ0n) is 21.4. The first-order valence-corrected chi connectivity index (χ1v) is 13.3. The van der Waals surface area contributed by atoms with Gasteiger partial charge in [-0.3, -0.25) is 14.7 Å². The van der Waals surface area contributed by atoms with E-state index in [-0.39, 0.29) is 31.6 Å². The molecule has 3 amide bonds. The number of thiol groups is 1.